The van der Waals surface area contributed by atoms with Crippen LogP contribution in [0.5, 0.6) is 0 Å². The van der Waals surface area contributed by atoms with Gasteiger partial charge in [0.2, 0.25) is 5.52 Å². The lowest BCUT2D eigenvalue weighted by Crippen LogP contribution is -2.28. The molecule has 2 heteroatoms. The lowest BCUT2D eigenvalue weighted by Gasteiger charge is -1.98. The van der Waals surface area contributed by atoms with Crippen molar-refractivity contribution in [2.24, 2.45) is 14.1 Å². The van der Waals surface area contributed by atoms with Gasteiger partial charge in [0, 0.05) is 29.0 Å². The minimum absolute atomic E-state index is 1.29. The molecule has 0 atom stereocenters. The average molecular weight is 332 g/mol. The summed E-state index contributed by atoms with van der Waals surface area (Å²) in [6, 6.07) is 21.1. The van der Waals surface area contributed by atoms with Crippen molar-refractivity contribution >= 4 is 21.7 Å². The number of para-hydroxylation sites is 1. The molecule has 0 aliphatic rings. The van der Waals surface area contributed by atoms with Gasteiger partial charge in [0.1, 0.15) is 14.1 Å². The van der Waals surface area contributed by atoms with E-state index in [-0.39, 0.29) is 0 Å². The third kappa shape index (κ3) is 4.63. The molecule has 2 nitrogen and oxygen atoms in total. The van der Waals surface area contributed by atoms with Crippen LogP contribution in [0.25, 0.3) is 21.7 Å². The average Bonchev–Trinajstić information content (AvgIpc) is 2.67. The summed E-state index contributed by atoms with van der Waals surface area (Å²) in [7, 11) is 4.11. The largest absolute Gasteiger partial charge is 0.212 e. The number of pyridine rings is 2. The first kappa shape index (κ1) is 18.6. The summed E-state index contributed by atoms with van der Waals surface area (Å²) in [5.41, 5.74) is 2.63. The normalized spacial score (nSPS) is 9.80. The Hall–Kier alpha value is -2.74. The number of benzene rings is 2. The minimum Gasteiger partial charge on any atom is -0.207 e. The summed E-state index contributed by atoms with van der Waals surface area (Å²) in [6.07, 6.45) is 6.27. The van der Waals surface area contributed by atoms with Crippen molar-refractivity contribution in [3.05, 3.63) is 84.8 Å². The van der Waals surface area contributed by atoms with Gasteiger partial charge in [-0.25, -0.2) is 9.13 Å². The van der Waals surface area contributed by atoms with Crippen LogP contribution in [0, 0.1) is 6.92 Å². The fourth-order valence-electron chi connectivity index (χ4n) is 2.75. The summed E-state index contributed by atoms with van der Waals surface area (Å²) in [5, 5.41) is 3.92. The molecule has 0 saturated carbocycles. The summed E-state index contributed by atoms with van der Waals surface area (Å²) < 4.78 is 4.20. The fraction of sp³-hybridized carbons (Fsp3) is 0.217. The second-order valence-corrected chi connectivity index (χ2v) is 5.87. The second-order valence-electron chi connectivity index (χ2n) is 5.87. The number of aromatic nitrogens is 2. The zero-order chi connectivity index (χ0) is 18.2. The van der Waals surface area contributed by atoms with Crippen molar-refractivity contribution in [2.75, 3.05) is 0 Å². The molecule has 0 N–H and O–H groups in total. The Morgan fingerprint density at radius 2 is 1.32 bits per heavy atom. The predicted octanol–water partition coefficient (Wildman–Crippen LogP) is 4.66. The maximum atomic E-state index is 2.16. The third-order valence-electron chi connectivity index (χ3n) is 4.08. The van der Waals surface area contributed by atoms with Crippen LogP contribution in [0.1, 0.15) is 19.4 Å². The van der Waals surface area contributed by atoms with E-state index in [2.05, 4.69) is 102 Å². The van der Waals surface area contributed by atoms with Crippen LogP contribution in [0.3, 0.4) is 0 Å². The monoisotopic (exact) mass is 332 g/mol. The van der Waals surface area contributed by atoms with E-state index in [1.165, 1.54) is 27.2 Å². The first-order chi connectivity index (χ1) is 12.1. The fourth-order valence-corrected chi connectivity index (χ4v) is 2.75. The van der Waals surface area contributed by atoms with Crippen molar-refractivity contribution in [1.29, 1.82) is 0 Å². The molecule has 2 heterocycles. The van der Waals surface area contributed by atoms with Crippen LogP contribution in [0.15, 0.2) is 79.3 Å². The second kappa shape index (κ2) is 8.93. The Balaban J connectivity index is 0.000000165. The molecule has 128 valence electrons. The van der Waals surface area contributed by atoms with E-state index in [0.717, 1.165) is 0 Å². The van der Waals surface area contributed by atoms with E-state index < -0.39 is 0 Å². The molecule has 0 aliphatic heterocycles. The van der Waals surface area contributed by atoms with Crippen LogP contribution in [0.4, 0.5) is 0 Å². The van der Waals surface area contributed by atoms with Gasteiger partial charge < -0.3 is 0 Å². The van der Waals surface area contributed by atoms with Crippen molar-refractivity contribution in [3.8, 4) is 0 Å². The van der Waals surface area contributed by atoms with Crippen molar-refractivity contribution < 1.29 is 9.13 Å². The number of hydrogen-bond acceptors (Lipinski definition) is 0. The van der Waals surface area contributed by atoms with E-state index in [9.17, 15) is 0 Å². The molecule has 0 aliphatic carbocycles. The standard InChI is InChI=1S/C11H12N.C10H10N.C2H6/c1-9-7-8-12(2)11-6-4-3-5-10(9)11;1-11-7-6-9-4-2-3-5-10(9)8-11;1-2/h3-8H,1-2H3;2-8H,1H3;1-2H3/q2*+1;. The maximum Gasteiger partial charge on any atom is 0.212 e. The maximum absolute atomic E-state index is 2.16. The molecule has 4 aromatic rings. The van der Waals surface area contributed by atoms with Crippen LogP contribution >= 0.6 is 0 Å². The van der Waals surface area contributed by atoms with Crippen LogP contribution < -0.4 is 9.13 Å². The number of nitrogens with zero attached hydrogens (tertiary/aromatic N) is 2. The number of hydrogen-bond donors (Lipinski definition) is 0. The first-order valence-electron chi connectivity index (χ1n) is 8.83. The van der Waals surface area contributed by atoms with Crippen molar-refractivity contribution in [2.45, 2.75) is 20.8 Å². The SMILES string of the molecule is CC.C[n+]1ccc2ccccc2c1.Cc1cc[n+](C)c2ccccc12. The van der Waals surface area contributed by atoms with E-state index in [1.54, 1.807) is 0 Å². The highest BCUT2D eigenvalue weighted by atomic mass is 14.9. The van der Waals surface area contributed by atoms with Crippen LogP contribution in [-0.4, -0.2) is 0 Å². The molecule has 2 aromatic heterocycles. The topological polar surface area (TPSA) is 7.76 Å². The molecule has 2 aromatic carbocycles. The van der Waals surface area contributed by atoms with E-state index >= 15 is 0 Å². The highest BCUT2D eigenvalue weighted by Crippen LogP contribution is 2.12. The van der Waals surface area contributed by atoms with E-state index in [4.69, 9.17) is 0 Å². The predicted molar refractivity (Wildman–Crippen MR) is 106 cm³/mol. The highest BCUT2D eigenvalue weighted by Gasteiger charge is 2.04. The van der Waals surface area contributed by atoms with Gasteiger partial charge in [-0.05, 0) is 30.0 Å². The quantitative estimate of drug-likeness (QED) is 0.414. The molecule has 25 heavy (non-hydrogen) atoms. The van der Waals surface area contributed by atoms with Gasteiger partial charge >= 0.3 is 0 Å². The number of rotatable bonds is 0. The molecule has 0 bridgehead atoms. The Morgan fingerprint density at radius 3 is 2.04 bits per heavy atom. The summed E-state index contributed by atoms with van der Waals surface area (Å²) in [6.45, 7) is 6.14. The van der Waals surface area contributed by atoms with Crippen LogP contribution in [0.2, 0.25) is 0 Å². The molecular weight excluding hydrogens is 304 g/mol. The molecule has 0 saturated heterocycles. The molecule has 4 rings (SSSR count). The number of aryl methyl sites for hydroxylation is 3. The lowest BCUT2D eigenvalue weighted by atomic mass is 10.1. The van der Waals surface area contributed by atoms with E-state index in [1.807, 2.05) is 20.9 Å². The van der Waals surface area contributed by atoms with Gasteiger partial charge in [0.15, 0.2) is 18.6 Å². The molecule has 0 amide bonds. The molecule has 0 radical (unpaired) electrons. The van der Waals surface area contributed by atoms with Gasteiger partial charge in [-0.15, -0.1) is 0 Å². The summed E-state index contributed by atoms with van der Waals surface area (Å²) in [4.78, 5) is 0. The Kier molecular flexibility index (Phi) is 6.64. The van der Waals surface area contributed by atoms with Gasteiger partial charge in [0.25, 0.3) is 0 Å². The van der Waals surface area contributed by atoms with Crippen molar-refractivity contribution in [3.63, 3.8) is 0 Å². The Bertz CT molecular complexity index is 918. The zero-order valence-electron chi connectivity index (χ0n) is 15.9. The molecule has 0 unspecified atom stereocenters. The molecule has 0 fully saturated rings. The van der Waals surface area contributed by atoms with Gasteiger partial charge in [-0.3, -0.25) is 0 Å². The van der Waals surface area contributed by atoms with Gasteiger partial charge in [-0.1, -0.05) is 44.2 Å². The zero-order valence-corrected chi connectivity index (χ0v) is 15.9. The lowest BCUT2D eigenvalue weighted by molar-refractivity contribution is -0.670. The van der Waals surface area contributed by atoms with E-state index in [0.29, 0.717) is 0 Å². The Morgan fingerprint density at radius 1 is 0.680 bits per heavy atom. The third-order valence-corrected chi connectivity index (χ3v) is 4.08. The highest BCUT2D eigenvalue weighted by molar-refractivity contribution is 5.80. The van der Waals surface area contributed by atoms with Crippen LogP contribution in [-0.2, 0) is 14.1 Å². The van der Waals surface area contributed by atoms with Crippen molar-refractivity contribution in [1.82, 2.24) is 0 Å². The number of fused-ring (bicyclic) bond motifs is 2. The summed E-state index contributed by atoms with van der Waals surface area (Å²) >= 11 is 0. The summed E-state index contributed by atoms with van der Waals surface area (Å²) in [5.74, 6) is 0. The van der Waals surface area contributed by atoms with Gasteiger partial charge in [0.05, 0.1) is 0 Å². The molecule has 0 spiro atoms. The smallest absolute Gasteiger partial charge is 0.207 e. The Labute approximate surface area is 151 Å². The first-order valence-corrected chi connectivity index (χ1v) is 8.83. The minimum atomic E-state index is 1.29. The van der Waals surface area contributed by atoms with Gasteiger partial charge in [-0.2, -0.15) is 0 Å². The molecular formula is C23H28N2+2.